The number of hydrogen-bond donors (Lipinski definition) is 3. The van der Waals surface area contributed by atoms with Gasteiger partial charge in [0.05, 0.1) is 12.5 Å². The third-order valence-electron chi connectivity index (χ3n) is 5.20. The molecule has 8 nitrogen and oxygen atoms in total. The fraction of sp³-hybridized carbons (Fsp3) is 0.250. The van der Waals surface area contributed by atoms with Crippen LogP contribution in [0.3, 0.4) is 0 Å². The van der Waals surface area contributed by atoms with Gasteiger partial charge in [-0.1, -0.05) is 54.6 Å². The Bertz CT molecular complexity index is 1060. The topological polar surface area (TPSA) is 116 Å². The van der Waals surface area contributed by atoms with E-state index in [1.807, 2.05) is 42.5 Å². The number of urea groups is 1. The number of nitrogens with zero attached hydrogens (tertiary/aromatic N) is 1. The van der Waals surface area contributed by atoms with Crippen molar-refractivity contribution in [3.63, 3.8) is 0 Å². The number of nitrogens with one attached hydrogen (secondary N) is 2. The van der Waals surface area contributed by atoms with Gasteiger partial charge in [-0.15, -0.1) is 0 Å². The van der Waals surface area contributed by atoms with Crippen LogP contribution in [-0.2, 0) is 20.8 Å². The number of ketones is 1. The van der Waals surface area contributed by atoms with Gasteiger partial charge in [0.25, 0.3) is 5.91 Å². The summed E-state index contributed by atoms with van der Waals surface area (Å²) in [5.41, 5.74) is 3.02. The number of amides is 3. The summed E-state index contributed by atoms with van der Waals surface area (Å²) < 4.78 is 0. The van der Waals surface area contributed by atoms with E-state index in [1.54, 1.807) is 19.1 Å². The van der Waals surface area contributed by atoms with Gasteiger partial charge < -0.3 is 20.6 Å². The molecule has 0 bridgehead atoms. The first-order valence-electron chi connectivity index (χ1n) is 10.2. The van der Waals surface area contributed by atoms with Crippen molar-refractivity contribution in [1.29, 1.82) is 0 Å². The normalized spacial score (nSPS) is 16.9. The molecular formula is C24H25N3O5. The van der Waals surface area contributed by atoms with E-state index in [0.717, 1.165) is 11.1 Å². The Balaban J connectivity index is 1.75. The van der Waals surface area contributed by atoms with Crippen LogP contribution >= 0.6 is 0 Å². The van der Waals surface area contributed by atoms with Gasteiger partial charge in [-0.2, -0.15) is 0 Å². The van der Waals surface area contributed by atoms with Gasteiger partial charge >= 0.3 is 12.0 Å². The van der Waals surface area contributed by atoms with Crippen LogP contribution in [0.2, 0.25) is 0 Å². The monoisotopic (exact) mass is 435 g/mol. The number of carboxylic acid groups (broad SMARTS) is 1. The summed E-state index contributed by atoms with van der Waals surface area (Å²) in [6.07, 6.45) is 1.71. The van der Waals surface area contributed by atoms with Crippen molar-refractivity contribution in [2.75, 3.05) is 7.05 Å². The summed E-state index contributed by atoms with van der Waals surface area (Å²) in [6, 6.07) is 14.2. The van der Waals surface area contributed by atoms with Crippen molar-refractivity contribution in [3.8, 4) is 0 Å². The summed E-state index contributed by atoms with van der Waals surface area (Å²) in [6.45, 7) is 1.56. The third-order valence-corrected chi connectivity index (χ3v) is 5.20. The Labute approximate surface area is 185 Å². The smallest absolute Gasteiger partial charge is 0.316 e. The zero-order chi connectivity index (χ0) is 23.3. The van der Waals surface area contributed by atoms with Gasteiger partial charge in [0, 0.05) is 18.8 Å². The standard InChI is InChI=1S/C24H25N3O5/c1-15-14-27(2)23(31)21(22(15)30)26-24(32)25-19(13-20(28)29)18-10-6-9-17(12-18)11-16-7-4-3-5-8-16/h3-10,12,14,19,21H,11,13H2,1-2H3,(H,28,29)(H2,25,26,32). The van der Waals surface area contributed by atoms with Crippen LogP contribution in [-0.4, -0.2) is 46.8 Å². The molecule has 8 heteroatoms. The fourth-order valence-corrected chi connectivity index (χ4v) is 3.60. The lowest BCUT2D eigenvalue weighted by Gasteiger charge is -2.27. The molecule has 2 aromatic rings. The molecule has 1 heterocycles. The molecule has 3 rings (SSSR count). The van der Waals surface area contributed by atoms with Gasteiger partial charge in [-0.25, -0.2) is 4.79 Å². The SMILES string of the molecule is CC1=CN(C)C(=O)C(NC(=O)NC(CC(=O)O)c2cccc(Cc3ccccc3)c2)C1=O. The van der Waals surface area contributed by atoms with Crippen LogP contribution in [0.1, 0.15) is 36.1 Å². The highest BCUT2D eigenvalue weighted by atomic mass is 16.4. The van der Waals surface area contributed by atoms with Crippen LogP contribution in [0.25, 0.3) is 0 Å². The Morgan fingerprint density at radius 1 is 1.06 bits per heavy atom. The first-order chi connectivity index (χ1) is 15.2. The highest BCUT2D eigenvalue weighted by molar-refractivity contribution is 6.16. The molecule has 2 unspecified atom stereocenters. The van der Waals surface area contributed by atoms with E-state index in [4.69, 9.17) is 0 Å². The number of rotatable bonds is 7. The number of Topliss-reactive ketones (excluding diaryl/α,β-unsaturated/α-hetero) is 1. The summed E-state index contributed by atoms with van der Waals surface area (Å²) in [4.78, 5) is 49.9. The molecule has 3 amide bonds. The summed E-state index contributed by atoms with van der Waals surface area (Å²) in [5, 5.41) is 14.3. The van der Waals surface area contributed by atoms with Gasteiger partial charge in [0.2, 0.25) is 0 Å². The largest absolute Gasteiger partial charge is 0.481 e. The number of carboxylic acids is 1. The van der Waals surface area contributed by atoms with Crippen molar-refractivity contribution in [3.05, 3.63) is 83.1 Å². The molecular weight excluding hydrogens is 410 g/mol. The highest BCUT2D eigenvalue weighted by Crippen LogP contribution is 2.20. The van der Waals surface area contributed by atoms with Crippen molar-refractivity contribution in [2.45, 2.75) is 31.8 Å². The van der Waals surface area contributed by atoms with Gasteiger partial charge in [0.15, 0.2) is 11.8 Å². The van der Waals surface area contributed by atoms with E-state index < -0.39 is 35.8 Å². The minimum Gasteiger partial charge on any atom is -0.481 e. The molecule has 0 saturated carbocycles. The fourth-order valence-electron chi connectivity index (χ4n) is 3.60. The predicted molar refractivity (Wildman–Crippen MR) is 118 cm³/mol. The van der Waals surface area contributed by atoms with E-state index >= 15 is 0 Å². The lowest BCUT2D eigenvalue weighted by atomic mass is 9.98. The predicted octanol–water partition coefficient (Wildman–Crippen LogP) is 2.41. The van der Waals surface area contributed by atoms with Gasteiger partial charge in [-0.05, 0) is 30.0 Å². The minimum absolute atomic E-state index is 0.341. The van der Waals surface area contributed by atoms with E-state index in [2.05, 4.69) is 10.6 Å². The molecule has 2 atom stereocenters. The maximum absolute atomic E-state index is 12.6. The second kappa shape index (κ2) is 9.91. The van der Waals surface area contributed by atoms with Gasteiger partial charge in [0.1, 0.15) is 0 Å². The Hall–Kier alpha value is -3.94. The van der Waals surface area contributed by atoms with Crippen molar-refractivity contribution >= 4 is 23.7 Å². The van der Waals surface area contributed by atoms with Crippen LogP contribution in [0.5, 0.6) is 0 Å². The van der Waals surface area contributed by atoms with Crippen molar-refractivity contribution in [1.82, 2.24) is 15.5 Å². The molecule has 1 aliphatic heterocycles. The molecule has 2 aromatic carbocycles. The van der Waals surface area contributed by atoms with Crippen LogP contribution in [0.15, 0.2) is 66.4 Å². The lowest BCUT2D eigenvalue weighted by molar-refractivity contribution is -0.138. The Kier molecular flexibility index (Phi) is 7.04. The molecule has 166 valence electrons. The molecule has 32 heavy (non-hydrogen) atoms. The van der Waals surface area contributed by atoms with E-state index in [1.165, 1.54) is 18.1 Å². The van der Waals surface area contributed by atoms with Crippen molar-refractivity contribution < 1.29 is 24.3 Å². The second-order valence-corrected chi connectivity index (χ2v) is 7.73. The Morgan fingerprint density at radius 3 is 2.44 bits per heavy atom. The first kappa shape index (κ1) is 22.7. The first-order valence-corrected chi connectivity index (χ1v) is 10.2. The van der Waals surface area contributed by atoms with Crippen LogP contribution < -0.4 is 10.6 Å². The Morgan fingerprint density at radius 2 is 1.75 bits per heavy atom. The molecule has 3 N–H and O–H groups in total. The zero-order valence-corrected chi connectivity index (χ0v) is 17.9. The maximum atomic E-state index is 12.6. The van der Waals surface area contributed by atoms with E-state index in [-0.39, 0.29) is 6.42 Å². The summed E-state index contributed by atoms with van der Waals surface area (Å²) in [5.74, 6) is -2.15. The molecule has 0 fully saturated rings. The molecule has 0 saturated heterocycles. The number of benzene rings is 2. The molecule has 1 aliphatic rings. The lowest BCUT2D eigenvalue weighted by Crippen LogP contribution is -2.56. The van der Waals surface area contributed by atoms with E-state index in [0.29, 0.717) is 17.6 Å². The number of hydrogen-bond acceptors (Lipinski definition) is 4. The molecule has 0 aliphatic carbocycles. The quantitative estimate of drug-likeness (QED) is 0.578. The maximum Gasteiger partial charge on any atom is 0.316 e. The summed E-state index contributed by atoms with van der Waals surface area (Å²) in [7, 11) is 1.50. The zero-order valence-electron chi connectivity index (χ0n) is 17.9. The van der Waals surface area contributed by atoms with Gasteiger partial charge in [-0.3, -0.25) is 14.4 Å². The minimum atomic E-state index is -1.35. The van der Waals surface area contributed by atoms with Crippen LogP contribution in [0, 0.1) is 0 Å². The third kappa shape index (κ3) is 5.60. The second-order valence-electron chi connectivity index (χ2n) is 7.73. The molecule has 0 spiro atoms. The highest BCUT2D eigenvalue weighted by Gasteiger charge is 2.35. The number of aliphatic carboxylic acids is 1. The summed E-state index contributed by atoms with van der Waals surface area (Å²) >= 11 is 0. The average molecular weight is 435 g/mol. The average Bonchev–Trinajstić information content (AvgIpc) is 2.75. The number of likely N-dealkylation sites (N-methyl/N-ethyl adjacent to an activating group) is 1. The number of carbonyl (C=O) groups is 4. The van der Waals surface area contributed by atoms with Crippen molar-refractivity contribution in [2.24, 2.45) is 0 Å². The number of carbonyl (C=O) groups excluding carboxylic acids is 3. The van der Waals surface area contributed by atoms with Crippen LogP contribution in [0.4, 0.5) is 4.79 Å². The molecule has 0 aromatic heterocycles. The molecule has 0 radical (unpaired) electrons. The van der Waals surface area contributed by atoms with E-state index in [9.17, 15) is 24.3 Å².